The number of rotatable bonds is 2. The fraction of sp³-hybridized carbons (Fsp3) is 0.267. The third kappa shape index (κ3) is 1.60. The molecule has 4 rings (SSSR count). The molecule has 3 nitrogen and oxygen atoms in total. The molecule has 4 heteroatoms. The number of thiophene rings is 1. The molecular formula is C15H15N3S. The average Bonchev–Trinajstić information content (AvgIpc) is 3.11. The summed E-state index contributed by atoms with van der Waals surface area (Å²) in [7, 11) is 0. The molecule has 2 heterocycles. The zero-order chi connectivity index (χ0) is 13.0. The first-order chi connectivity index (χ1) is 9.25. The van der Waals surface area contributed by atoms with Crippen LogP contribution < -0.4 is 5.73 Å². The Morgan fingerprint density at radius 3 is 2.79 bits per heavy atom. The Bertz CT molecular complexity index is 765. The Balaban J connectivity index is 2.03. The van der Waals surface area contributed by atoms with Crippen molar-refractivity contribution in [2.75, 3.05) is 5.73 Å². The second-order valence-electron chi connectivity index (χ2n) is 5.19. The maximum Gasteiger partial charge on any atom is 0.153 e. The molecule has 0 amide bonds. The second-order valence-corrected chi connectivity index (χ2v) is 6.07. The maximum atomic E-state index is 6.20. The van der Waals surface area contributed by atoms with E-state index in [0.29, 0.717) is 6.04 Å². The van der Waals surface area contributed by atoms with Gasteiger partial charge in [-0.2, -0.15) is 0 Å². The largest absolute Gasteiger partial charge is 0.397 e. The smallest absolute Gasteiger partial charge is 0.153 e. The van der Waals surface area contributed by atoms with Gasteiger partial charge < -0.3 is 10.3 Å². The summed E-state index contributed by atoms with van der Waals surface area (Å²) in [6, 6.07) is 8.95. The molecule has 1 saturated carbocycles. The van der Waals surface area contributed by atoms with Crippen LogP contribution in [0.15, 0.2) is 29.6 Å². The highest BCUT2D eigenvalue weighted by molar-refractivity contribution is 7.14. The van der Waals surface area contributed by atoms with Crippen molar-refractivity contribution in [2.45, 2.75) is 25.8 Å². The number of nitrogen functional groups attached to an aromatic ring is 1. The summed E-state index contributed by atoms with van der Waals surface area (Å²) >= 11 is 1.70. The number of aryl methyl sites for hydroxylation is 1. The quantitative estimate of drug-likeness (QED) is 0.764. The number of para-hydroxylation sites is 2. The minimum absolute atomic E-state index is 0.601. The van der Waals surface area contributed by atoms with E-state index in [1.807, 2.05) is 6.07 Å². The van der Waals surface area contributed by atoms with Crippen LogP contribution in [0.4, 0.5) is 5.69 Å². The number of hydrogen-bond acceptors (Lipinski definition) is 3. The predicted octanol–water partition coefficient (Wildman–Crippen LogP) is 3.99. The van der Waals surface area contributed by atoms with E-state index in [1.54, 1.807) is 11.3 Å². The van der Waals surface area contributed by atoms with Crippen molar-refractivity contribution >= 4 is 28.1 Å². The van der Waals surface area contributed by atoms with Gasteiger partial charge in [0, 0.05) is 6.04 Å². The van der Waals surface area contributed by atoms with Gasteiger partial charge in [-0.15, -0.1) is 11.3 Å². The van der Waals surface area contributed by atoms with E-state index in [9.17, 15) is 0 Å². The molecule has 0 radical (unpaired) electrons. The van der Waals surface area contributed by atoms with Crippen molar-refractivity contribution in [3.05, 3.63) is 35.2 Å². The van der Waals surface area contributed by atoms with Crippen molar-refractivity contribution in [1.82, 2.24) is 9.55 Å². The molecule has 0 bridgehead atoms. The van der Waals surface area contributed by atoms with Gasteiger partial charge in [-0.1, -0.05) is 12.1 Å². The molecule has 1 aromatic carbocycles. The van der Waals surface area contributed by atoms with Crippen LogP contribution in [0, 0.1) is 6.92 Å². The Morgan fingerprint density at radius 2 is 2.11 bits per heavy atom. The molecule has 0 saturated heterocycles. The van der Waals surface area contributed by atoms with Crippen LogP contribution in [0.1, 0.15) is 24.4 Å². The molecule has 1 aliphatic rings. The van der Waals surface area contributed by atoms with Gasteiger partial charge in [0.1, 0.15) is 0 Å². The molecule has 0 unspecified atom stereocenters. The summed E-state index contributed by atoms with van der Waals surface area (Å²) in [5.41, 5.74) is 10.5. The van der Waals surface area contributed by atoms with Gasteiger partial charge >= 0.3 is 0 Å². The van der Waals surface area contributed by atoms with E-state index < -0.39 is 0 Å². The summed E-state index contributed by atoms with van der Waals surface area (Å²) in [4.78, 5) is 5.92. The number of nitrogens with zero attached hydrogens (tertiary/aromatic N) is 2. The standard InChI is InChI=1S/C15H15N3S/c1-9-8-19-14(13(9)16)15-17-11-4-2-3-5-12(11)18(15)10-6-7-10/h2-5,8,10H,6-7,16H2,1H3. The Morgan fingerprint density at radius 1 is 1.32 bits per heavy atom. The number of nitrogens with two attached hydrogens (primary N) is 1. The summed E-state index contributed by atoms with van der Waals surface area (Å²) in [5, 5.41) is 2.11. The van der Waals surface area contributed by atoms with E-state index in [0.717, 1.165) is 27.5 Å². The van der Waals surface area contributed by atoms with Gasteiger partial charge in [0.15, 0.2) is 5.82 Å². The molecular weight excluding hydrogens is 254 g/mol. The molecule has 1 aliphatic carbocycles. The summed E-state index contributed by atoms with van der Waals surface area (Å²) in [6.07, 6.45) is 2.50. The summed E-state index contributed by atoms with van der Waals surface area (Å²) in [5.74, 6) is 1.04. The van der Waals surface area contributed by atoms with Crippen LogP contribution in [0.2, 0.25) is 0 Å². The highest BCUT2D eigenvalue weighted by Crippen LogP contribution is 2.44. The van der Waals surface area contributed by atoms with Crippen LogP contribution in [0.5, 0.6) is 0 Å². The summed E-state index contributed by atoms with van der Waals surface area (Å²) < 4.78 is 2.37. The highest BCUT2D eigenvalue weighted by Gasteiger charge is 2.29. The lowest BCUT2D eigenvalue weighted by atomic mass is 10.2. The molecule has 1 fully saturated rings. The zero-order valence-corrected chi connectivity index (χ0v) is 11.6. The molecule has 2 aromatic heterocycles. The predicted molar refractivity (Wildman–Crippen MR) is 80.5 cm³/mol. The Kier molecular flexibility index (Phi) is 2.23. The molecule has 19 heavy (non-hydrogen) atoms. The van der Waals surface area contributed by atoms with Crippen molar-refractivity contribution in [3.8, 4) is 10.7 Å². The van der Waals surface area contributed by atoms with Gasteiger partial charge in [0.2, 0.25) is 0 Å². The first-order valence-corrected chi connectivity index (χ1v) is 7.44. The van der Waals surface area contributed by atoms with Crippen molar-refractivity contribution < 1.29 is 0 Å². The van der Waals surface area contributed by atoms with Crippen LogP contribution in [0.25, 0.3) is 21.7 Å². The third-order valence-corrected chi connectivity index (χ3v) is 4.84. The lowest BCUT2D eigenvalue weighted by molar-refractivity contribution is 0.777. The van der Waals surface area contributed by atoms with Crippen LogP contribution >= 0.6 is 11.3 Å². The molecule has 0 spiro atoms. The normalized spacial score (nSPS) is 15.2. The minimum atomic E-state index is 0.601. The van der Waals surface area contributed by atoms with Gasteiger partial charge in [-0.3, -0.25) is 0 Å². The van der Waals surface area contributed by atoms with Crippen molar-refractivity contribution in [3.63, 3.8) is 0 Å². The number of hydrogen-bond donors (Lipinski definition) is 1. The fourth-order valence-corrected chi connectivity index (χ4v) is 3.49. The van der Waals surface area contributed by atoms with Crippen LogP contribution in [-0.4, -0.2) is 9.55 Å². The molecule has 2 N–H and O–H groups in total. The topological polar surface area (TPSA) is 43.8 Å². The molecule has 3 aromatic rings. The number of fused-ring (bicyclic) bond motifs is 1. The van der Waals surface area contributed by atoms with Gasteiger partial charge in [-0.05, 0) is 42.8 Å². The van der Waals surface area contributed by atoms with Crippen molar-refractivity contribution in [1.29, 1.82) is 0 Å². The number of anilines is 1. The lowest BCUT2D eigenvalue weighted by Crippen LogP contribution is -1.98. The second kappa shape index (κ2) is 3.84. The first-order valence-electron chi connectivity index (χ1n) is 6.56. The van der Waals surface area contributed by atoms with Crippen LogP contribution in [-0.2, 0) is 0 Å². The van der Waals surface area contributed by atoms with Crippen LogP contribution in [0.3, 0.4) is 0 Å². The monoisotopic (exact) mass is 269 g/mol. The van der Waals surface area contributed by atoms with Gasteiger partial charge in [0.05, 0.1) is 21.6 Å². The van der Waals surface area contributed by atoms with E-state index in [4.69, 9.17) is 10.7 Å². The zero-order valence-electron chi connectivity index (χ0n) is 10.8. The molecule has 0 atom stereocenters. The van der Waals surface area contributed by atoms with E-state index in [2.05, 4.69) is 35.1 Å². The molecule has 0 aliphatic heterocycles. The SMILES string of the molecule is Cc1csc(-c2nc3ccccc3n2C2CC2)c1N. The Labute approximate surface area is 115 Å². The first kappa shape index (κ1) is 11.1. The molecule has 96 valence electrons. The van der Waals surface area contributed by atoms with Crippen molar-refractivity contribution in [2.24, 2.45) is 0 Å². The van der Waals surface area contributed by atoms with Gasteiger partial charge in [-0.25, -0.2) is 4.98 Å². The fourth-order valence-electron chi connectivity index (χ4n) is 2.53. The number of benzene rings is 1. The minimum Gasteiger partial charge on any atom is -0.397 e. The maximum absolute atomic E-state index is 6.20. The highest BCUT2D eigenvalue weighted by atomic mass is 32.1. The number of aromatic nitrogens is 2. The third-order valence-electron chi connectivity index (χ3n) is 3.73. The number of imidazole rings is 1. The van der Waals surface area contributed by atoms with Gasteiger partial charge in [0.25, 0.3) is 0 Å². The Hall–Kier alpha value is -1.81. The lowest BCUT2D eigenvalue weighted by Gasteiger charge is -2.06. The van der Waals surface area contributed by atoms with E-state index >= 15 is 0 Å². The average molecular weight is 269 g/mol. The van der Waals surface area contributed by atoms with E-state index in [-0.39, 0.29) is 0 Å². The van der Waals surface area contributed by atoms with E-state index in [1.165, 1.54) is 18.4 Å². The summed E-state index contributed by atoms with van der Waals surface area (Å²) in [6.45, 7) is 2.06.